The summed E-state index contributed by atoms with van der Waals surface area (Å²) >= 11 is 1.56. The highest BCUT2D eigenvalue weighted by Gasteiger charge is 2.24. The molecule has 0 amide bonds. The molecule has 0 aromatic carbocycles. The smallest absolute Gasteiger partial charge is 0.293 e. The second-order valence-electron chi connectivity index (χ2n) is 4.86. The number of hydrogen-bond donors (Lipinski definition) is 1. The van der Waals surface area contributed by atoms with Crippen LogP contribution in [0.3, 0.4) is 0 Å². The molecule has 0 fully saturated rings. The van der Waals surface area contributed by atoms with Gasteiger partial charge in [-0.25, -0.2) is 9.97 Å². The van der Waals surface area contributed by atoms with Gasteiger partial charge in [-0.3, -0.25) is 4.79 Å². The molecule has 6 heteroatoms. The zero-order valence-corrected chi connectivity index (χ0v) is 12.2. The van der Waals surface area contributed by atoms with E-state index in [0.717, 1.165) is 11.4 Å². The first-order valence-electron chi connectivity index (χ1n) is 6.28. The SMILES string of the molecule is CCCn1ccnc(NC(C)(C)c2nccs2)c1=O. The third-order valence-corrected chi connectivity index (χ3v) is 3.87. The van der Waals surface area contributed by atoms with Crippen LogP contribution in [0.4, 0.5) is 5.82 Å². The van der Waals surface area contributed by atoms with E-state index >= 15 is 0 Å². The normalized spacial score (nSPS) is 11.5. The van der Waals surface area contributed by atoms with Gasteiger partial charge in [0.05, 0.1) is 5.54 Å². The van der Waals surface area contributed by atoms with Gasteiger partial charge in [0.15, 0.2) is 5.82 Å². The van der Waals surface area contributed by atoms with Crippen LogP contribution in [0.25, 0.3) is 0 Å². The summed E-state index contributed by atoms with van der Waals surface area (Å²) in [6.45, 7) is 6.72. The van der Waals surface area contributed by atoms with Crippen LogP contribution in [0.5, 0.6) is 0 Å². The highest BCUT2D eigenvalue weighted by atomic mass is 32.1. The second kappa shape index (κ2) is 5.52. The molecule has 2 heterocycles. The lowest BCUT2D eigenvalue weighted by atomic mass is 10.1. The molecule has 0 aliphatic heterocycles. The minimum atomic E-state index is -0.411. The molecule has 0 unspecified atom stereocenters. The standard InChI is InChI=1S/C13H18N4OS/c1-4-7-17-8-5-14-10(11(17)18)16-13(2,3)12-15-6-9-19-12/h5-6,8-9H,4,7H2,1-3H3,(H,14,16). The predicted molar refractivity (Wildman–Crippen MR) is 77.6 cm³/mol. The maximum Gasteiger partial charge on any atom is 0.293 e. The summed E-state index contributed by atoms with van der Waals surface area (Å²) < 4.78 is 1.67. The van der Waals surface area contributed by atoms with Gasteiger partial charge >= 0.3 is 0 Å². The summed E-state index contributed by atoms with van der Waals surface area (Å²) in [5.41, 5.74) is -0.500. The molecule has 0 spiro atoms. The number of rotatable bonds is 5. The largest absolute Gasteiger partial charge is 0.354 e. The van der Waals surface area contributed by atoms with Crippen LogP contribution in [0, 0.1) is 0 Å². The van der Waals surface area contributed by atoms with Gasteiger partial charge in [0, 0.05) is 30.5 Å². The van der Waals surface area contributed by atoms with Crippen molar-refractivity contribution in [1.82, 2.24) is 14.5 Å². The van der Waals surface area contributed by atoms with E-state index in [0.29, 0.717) is 12.4 Å². The Bertz CT molecular complexity index is 589. The van der Waals surface area contributed by atoms with E-state index in [1.54, 1.807) is 34.5 Å². The van der Waals surface area contributed by atoms with Crippen LogP contribution in [0.15, 0.2) is 28.8 Å². The molecule has 2 aromatic heterocycles. The molecule has 102 valence electrons. The maximum absolute atomic E-state index is 12.2. The van der Waals surface area contributed by atoms with Crippen molar-refractivity contribution in [3.05, 3.63) is 39.3 Å². The fourth-order valence-corrected chi connectivity index (χ4v) is 2.55. The molecule has 2 aromatic rings. The molecule has 5 nitrogen and oxygen atoms in total. The topological polar surface area (TPSA) is 59.8 Å². The van der Waals surface area contributed by atoms with Crippen LogP contribution in [-0.2, 0) is 12.1 Å². The highest BCUT2D eigenvalue weighted by Crippen LogP contribution is 2.24. The number of nitrogens with zero attached hydrogens (tertiary/aromatic N) is 3. The van der Waals surface area contributed by atoms with Gasteiger partial charge in [-0.2, -0.15) is 0 Å². The summed E-state index contributed by atoms with van der Waals surface area (Å²) in [4.78, 5) is 20.7. The minimum absolute atomic E-state index is 0.0889. The van der Waals surface area contributed by atoms with E-state index in [2.05, 4.69) is 15.3 Å². The van der Waals surface area contributed by atoms with E-state index in [-0.39, 0.29) is 5.56 Å². The summed E-state index contributed by atoms with van der Waals surface area (Å²) in [5, 5.41) is 6.04. The van der Waals surface area contributed by atoms with Gasteiger partial charge in [-0.1, -0.05) is 6.92 Å². The number of aryl methyl sites for hydroxylation is 1. The molecule has 0 atom stereocenters. The number of thiazole rings is 1. The van der Waals surface area contributed by atoms with Crippen molar-refractivity contribution in [2.45, 2.75) is 39.3 Å². The average molecular weight is 278 g/mol. The lowest BCUT2D eigenvalue weighted by Gasteiger charge is -2.24. The van der Waals surface area contributed by atoms with Crippen LogP contribution in [0.1, 0.15) is 32.2 Å². The number of aromatic nitrogens is 3. The van der Waals surface area contributed by atoms with Crippen LogP contribution >= 0.6 is 11.3 Å². The minimum Gasteiger partial charge on any atom is -0.354 e. The van der Waals surface area contributed by atoms with Gasteiger partial charge in [-0.05, 0) is 20.3 Å². The molecule has 0 saturated heterocycles. The molecule has 0 aliphatic carbocycles. The fourth-order valence-electron chi connectivity index (χ4n) is 1.83. The van der Waals surface area contributed by atoms with Crippen LogP contribution in [-0.4, -0.2) is 14.5 Å². The average Bonchev–Trinajstić information content (AvgIpc) is 2.89. The van der Waals surface area contributed by atoms with Crippen molar-refractivity contribution in [3.63, 3.8) is 0 Å². The van der Waals surface area contributed by atoms with Crippen molar-refractivity contribution in [2.24, 2.45) is 0 Å². The predicted octanol–water partition coefficient (Wildman–Crippen LogP) is 2.46. The van der Waals surface area contributed by atoms with Crippen LogP contribution in [0.2, 0.25) is 0 Å². The van der Waals surface area contributed by atoms with Gasteiger partial charge < -0.3 is 9.88 Å². The maximum atomic E-state index is 12.2. The molecular formula is C13H18N4OS. The summed E-state index contributed by atoms with van der Waals surface area (Å²) in [7, 11) is 0. The molecule has 0 radical (unpaired) electrons. The fraction of sp³-hybridized carbons (Fsp3) is 0.462. The van der Waals surface area contributed by atoms with E-state index < -0.39 is 5.54 Å². The van der Waals surface area contributed by atoms with Gasteiger partial charge in [0.1, 0.15) is 5.01 Å². The summed E-state index contributed by atoms with van der Waals surface area (Å²) in [6, 6.07) is 0. The van der Waals surface area contributed by atoms with Gasteiger partial charge in [-0.15, -0.1) is 11.3 Å². The third-order valence-electron chi connectivity index (χ3n) is 2.78. The molecule has 0 bridgehead atoms. The van der Waals surface area contributed by atoms with Crippen molar-refractivity contribution in [3.8, 4) is 0 Å². The summed E-state index contributed by atoms with van der Waals surface area (Å²) in [5.74, 6) is 0.371. The Labute approximate surface area is 116 Å². The molecular weight excluding hydrogens is 260 g/mol. The Morgan fingerprint density at radius 2 is 2.16 bits per heavy atom. The van der Waals surface area contributed by atoms with Crippen LogP contribution < -0.4 is 10.9 Å². The first-order valence-corrected chi connectivity index (χ1v) is 7.16. The molecule has 0 saturated carbocycles. The second-order valence-corrected chi connectivity index (χ2v) is 5.76. The number of nitrogens with one attached hydrogen (secondary N) is 1. The Kier molecular flexibility index (Phi) is 3.99. The zero-order valence-electron chi connectivity index (χ0n) is 11.4. The Morgan fingerprint density at radius 3 is 2.79 bits per heavy atom. The van der Waals surface area contributed by atoms with Gasteiger partial charge in [0.2, 0.25) is 0 Å². The van der Waals surface area contributed by atoms with E-state index in [9.17, 15) is 4.79 Å². The van der Waals surface area contributed by atoms with E-state index in [1.807, 2.05) is 26.2 Å². The third kappa shape index (κ3) is 3.01. The van der Waals surface area contributed by atoms with Crippen molar-refractivity contribution in [2.75, 3.05) is 5.32 Å². The monoisotopic (exact) mass is 278 g/mol. The van der Waals surface area contributed by atoms with Gasteiger partial charge in [0.25, 0.3) is 5.56 Å². The van der Waals surface area contributed by atoms with E-state index in [1.165, 1.54) is 0 Å². The summed E-state index contributed by atoms with van der Waals surface area (Å²) in [6.07, 6.45) is 6.04. The Morgan fingerprint density at radius 1 is 1.37 bits per heavy atom. The van der Waals surface area contributed by atoms with Crippen molar-refractivity contribution < 1.29 is 0 Å². The first kappa shape index (κ1) is 13.7. The quantitative estimate of drug-likeness (QED) is 0.912. The highest BCUT2D eigenvalue weighted by molar-refractivity contribution is 7.09. The lowest BCUT2D eigenvalue weighted by Crippen LogP contribution is -2.33. The molecule has 1 N–H and O–H groups in total. The van der Waals surface area contributed by atoms with E-state index in [4.69, 9.17) is 0 Å². The Hall–Kier alpha value is -1.69. The zero-order chi connectivity index (χ0) is 13.9. The number of hydrogen-bond acceptors (Lipinski definition) is 5. The number of anilines is 1. The molecule has 0 aliphatic rings. The Balaban J connectivity index is 2.29. The van der Waals surface area contributed by atoms with Crippen molar-refractivity contribution in [1.29, 1.82) is 0 Å². The molecule has 2 rings (SSSR count). The first-order chi connectivity index (χ1) is 9.04. The van der Waals surface area contributed by atoms with Crippen molar-refractivity contribution >= 4 is 17.2 Å². The molecule has 19 heavy (non-hydrogen) atoms. The lowest BCUT2D eigenvalue weighted by molar-refractivity contribution is 0.590.